The van der Waals surface area contributed by atoms with Gasteiger partial charge in [0.25, 0.3) is 0 Å². The van der Waals surface area contributed by atoms with Crippen LogP contribution >= 0.6 is 0 Å². The van der Waals surface area contributed by atoms with Gasteiger partial charge in [0.05, 0.1) is 5.92 Å². The van der Waals surface area contributed by atoms with Gasteiger partial charge in [0, 0.05) is 0 Å². The first-order valence-electron chi connectivity index (χ1n) is 4.98. The normalized spacial score (nSPS) is 26.9. The Morgan fingerprint density at radius 2 is 2.07 bits per heavy atom. The SMILES string of the molecule is CC(C(=O)O)C1CC1c1ccccc1. The fraction of sp³-hybridized carbons (Fsp3) is 0.417. The molecule has 0 bridgehead atoms. The number of carboxylic acid groups (broad SMARTS) is 1. The van der Waals surface area contributed by atoms with E-state index >= 15 is 0 Å². The zero-order chi connectivity index (χ0) is 10.1. The molecule has 1 aromatic carbocycles. The number of aliphatic carboxylic acids is 1. The van der Waals surface area contributed by atoms with Crippen LogP contribution in [-0.2, 0) is 4.79 Å². The van der Waals surface area contributed by atoms with Crippen molar-refractivity contribution in [2.75, 3.05) is 0 Å². The Morgan fingerprint density at radius 3 is 2.64 bits per heavy atom. The van der Waals surface area contributed by atoms with Crippen molar-refractivity contribution < 1.29 is 9.90 Å². The standard InChI is InChI=1S/C12H14O2/c1-8(12(13)14)10-7-11(10)9-5-3-2-4-6-9/h2-6,8,10-11H,7H2,1H3,(H,13,14). The van der Waals surface area contributed by atoms with Crippen LogP contribution in [0.1, 0.15) is 24.8 Å². The fourth-order valence-electron chi connectivity index (χ4n) is 2.03. The maximum atomic E-state index is 10.8. The van der Waals surface area contributed by atoms with Crippen molar-refractivity contribution in [1.29, 1.82) is 0 Å². The Balaban J connectivity index is 2.03. The summed E-state index contributed by atoms with van der Waals surface area (Å²) in [4.78, 5) is 10.8. The summed E-state index contributed by atoms with van der Waals surface area (Å²) < 4.78 is 0. The Bertz CT molecular complexity index is 331. The van der Waals surface area contributed by atoms with Crippen molar-refractivity contribution in [2.24, 2.45) is 11.8 Å². The van der Waals surface area contributed by atoms with Crippen molar-refractivity contribution in [3.63, 3.8) is 0 Å². The lowest BCUT2D eigenvalue weighted by molar-refractivity contribution is -0.141. The number of carbonyl (C=O) groups is 1. The summed E-state index contributed by atoms with van der Waals surface area (Å²) in [6.07, 6.45) is 1.03. The number of benzene rings is 1. The summed E-state index contributed by atoms with van der Waals surface area (Å²) in [5.41, 5.74) is 1.28. The van der Waals surface area contributed by atoms with Crippen LogP contribution in [0.3, 0.4) is 0 Å². The second kappa shape index (κ2) is 3.45. The fourth-order valence-corrected chi connectivity index (χ4v) is 2.03. The monoisotopic (exact) mass is 190 g/mol. The molecule has 74 valence electrons. The molecular weight excluding hydrogens is 176 g/mol. The molecule has 1 aromatic rings. The second-order valence-electron chi connectivity index (χ2n) is 4.04. The van der Waals surface area contributed by atoms with Gasteiger partial charge in [-0.1, -0.05) is 37.3 Å². The molecule has 0 aromatic heterocycles. The van der Waals surface area contributed by atoms with Crippen LogP contribution in [0.25, 0.3) is 0 Å². The van der Waals surface area contributed by atoms with Gasteiger partial charge in [0.1, 0.15) is 0 Å². The molecule has 0 amide bonds. The summed E-state index contributed by atoms with van der Waals surface area (Å²) in [6, 6.07) is 10.2. The van der Waals surface area contributed by atoms with Gasteiger partial charge in [0.15, 0.2) is 0 Å². The number of hydrogen-bond acceptors (Lipinski definition) is 1. The Morgan fingerprint density at radius 1 is 1.43 bits per heavy atom. The molecule has 1 aliphatic rings. The molecule has 14 heavy (non-hydrogen) atoms. The summed E-state index contributed by atoms with van der Waals surface area (Å²) in [5, 5.41) is 8.86. The maximum Gasteiger partial charge on any atom is 0.306 e. The highest BCUT2D eigenvalue weighted by Crippen LogP contribution is 2.51. The first kappa shape index (κ1) is 9.25. The van der Waals surface area contributed by atoms with Crippen LogP contribution < -0.4 is 0 Å². The highest BCUT2D eigenvalue weighted by atomic mass is 16.4. The summed E-state index contributed by atoms with van der Waals surface area (Å²) in [7, 11) is 0. The van der Waals surface area contributed by atoms with Gasteiger partial charge < -0.3 is 5.11 Å². The minimum atomic E-state index is -0.673. The average molecular weight is 190 g/mol. The van der Waals surface area contributed by atoms with Crippen molar-refractivity contribution in [1.82, 2.24) is 0 Å². The van der Waals surface area contributed by atoms with E-state index in [0.29, 0.717) is 11.8 Å². The minimum absolute atomic E-state index is 0.208. The molecular formula is C12H14O2. The minimum Gasteiger partial charge on any atom is -0.481 e. The molecule has 1 fully saturated rings. The molecule has 0 radical (unpaired) electrons. The molecule has 0 saturated heterocycles. The zero-order valence-corrected chi connectivity index (χ0v) is 8.18. The van der Waals surface area contributed by atoms with E-state index in [1.54, 1.807) is 6.92 Å². The third kappa shape index (κ3) is 1.65. The van der Waals surface area contributed by atoms with Crippen LogP contribution in [0.4, 0.5) is 0 Å². The lowest BCUT2D eigenvalue weighted by atomic mass is 10.0. The predicted molar refractivity (Wildman–Crippen MR) is 54.1 cm³/mol. The smallest absolute Gasteiger partial charge is 0.306 e. The van der Waals surface area contributed by atoms with Crippen LogP contribution in [0, 0.1) is 11.8 Å². The molecule has 2 rings (SSSR count). The van der Waals surface area contributed by atoms with Crippen LogP contribution in [-0.4, -0.2) is 11.1 Å². The first-order chi connectivity index (χ1) is 6.70. The number of hydrogen-bond donors (Lipinski definition) is 1. The van der Waals surface area contributed by atoms with Crippen molar-refractivity contribution in [3.05, 3.63) is 35.9 Å². The molecule has 0 heterocycles. The van der Waals surface area contributed by atoms with Crippen LogP contribution in [0.15, 0.2) is 30.3 Å². The Labute approximate surface area is 83.6 Å². The van der Waals surface area contributed by atoms with E-state index in [1.165, 1.54) is 5.56 Å². The van der Waals surface area contributed by atoms with Crippen molar-refractivity contribution in [3.8, 4) is 0 Å². The average Bonchev–Trinajstić information content (AvgIpc) is 2.97. The number of carboxylic acids is 1. The van der Waals surface area contributed by atoms with Gasteiger partial charge in [0.2, 0.25) is 0 Å². The van der Waals surface area contributed by atoms with Crippen molar-refractivity contribution in [2.45, 2.75) is 19.3 Å². The molecule has 1 N–H and O–H groups in total. The molecule has 3 atom stereocenters. The highest BCUT2D eigenvalue weighted by molar-refractivity contribution is 5.70. The molecule has 2 nitrogen and oxygen atoms in total. The summed E-state index contributed by atoms with van der Waals surface area (Å²) >= 11 is 0. The van der Waals surface area contributed by atoms with Gasteiger partial charge >= 0.3 is 5.97 Å². The molecule has 0 aliphatic heterocycles. The molecule has 2 heteroatoms. The van der Waals surface area contributed by atoms with E-state index in [1.807, 2.05) is 18.2 Å². The Hall–Kier alpha value is -1.31. The molecule has 1 aliphatic carbocycles. The lowest BCUT2D eigenvalue weighted by Crippen LogP contribution is -2.12. The van der Waals surface area contributed by atoms with E-state index in [9.17, 15) is 4.79 Å². The zero-order valence-electron chi connectivity index (χ0n) is 8.18. The highest BCUT2D eigenvalue weighted by Gasteiger charge is 2.44. The van der Waals surface area contributed by atoms with E-state index in [2.05, 4.69) is 12.1 Å². The Kier molecular flexibility index (Phi) is 2.28. The molecule has 3 unspecified atom stereocenters. The predicted octanol–water partition coefficient (Wildman–Crippen LogP) is 2.51. The topological polar surface area (TPSA) is 37.3 Å². The number of rotatable bonds is 3. The van der Waals surface area contributed by atoms with Gasteiger partial charge in [-0.25, -0.2) is 0 Å². The van der Waals surface area contributed by atoms with E-state index in [-0.39, 0.29) is 5.92 Å². The van der Waals surface area contributed by atoms with Gasteiger partial charge in [-0.3, -0.25) is 4.79 Å². The second-order valence-corrected chi connectivity index (χ2v) is 4.04. The third-order valence-corrected chi connectivity index (χ3v) is 3.10. The van der Waals surface area contributed by atoms with Crippen LogP contribution in [0.2, 0.25) is 0 Å². The maximum absolute atomic E-state index is 10.8. The van der Waals surface area contributed by atoms with Gasteiger partial charge in [-0.2, -0.15) is 0 Å². The van der Waals surface area contributed by atoms with E-state index < -0.39 is 5.97 Å². The van der Waals surface area contributed by atoms with Gasteiger partial charge in [-0.15, -0.1) is 0 Å². The molecule has 0 spiro atoms. The first-order valence-corrected chi connectivity index (χ1v) is 4.98. The quantitative estimate of drug-likeness (QED) is 0.795. The van der Waals surface area contributed by atoms with E-state index in [0.717, 1.165) is 6.42 Å². The van der Waals surface area contributed by atoms with E-state index in [4.69, 9.17) is 5.11 Å². The third-order valence-electron chi connectivity index (χ3n) is 3.10. The van der Waals surface area contributed by atoms with Crippen LogP contribution in [0.5, 0.6) is 0 Å². The van der Waals surface area contributed by atoms with Gasteiger partial charge in [-0.05, 0) is 23.8 Å². The lowest BCUT2D eigenvalue weighted by Gasteiger charge is -2.04. The largest absolute Gasteiger partial charge is 0.481 e. The summed E-state index contributed by atoms with van der Waals surface area (Å²) in [6.45, 7) is 1.80. The summed E-state index contributed by atoms with van der Waals surface area (Å²) in [5.74, 6) is -0.0640. The van der Waals surface area contributed by atoms with Crippen molar-refractivity contribution >= 4 is 5.97 Å². The molecule has 1 saturated carbocycles.